The van der Waals surface area contributed by atoms with Crippen LogP contribution in [0.2, 0.25) is 5.02 Å². The van der Waals surface area contributed by atoms with Crippen molar-refractivity contribution in [2.45, 2.75) is 0 Å². The van der Waals surface area contributed by atoms with Crippen LogP contribution in [0.15, 0.2) is 110 Å². The van der Waals surface area contributed by atoms with Crippen LogP contribution in [-0.4, -0.2) is 28.4 Å². The van der Waals surface area contributed by atoms with E-state index in [1.54, 1.807) is 48.5 Å². The highest BCUT2D eigenvalue weighted by Gasteiger charge is 2.17. The number of halogens is 3. The smallest absolute Gasteiger partial charge is 0.282 e. The van der Waals surface area contributed by atoms with Gasteiger partial charge in [0.2, 0.25) is 5.82 Å². The Kier molecular flexibility index (Phi) is 7.56. The number of amides is 1. The highest BCUT2D eigenvalue weighted by atomic mass is 79.9. The molecule has 8 nitrogen and oxygen atoms in total. The van der Waals surface area contributed by atoms with Crippen molar-refractivity contribution in [2.24, 2.45) is 5.10 Å². The first kappa shape index (κ1) is 27.4. The van der Waals surface area contributed by atoms with E-state index in [0.29, 0.717) is 32.3 Å². The summed E-state index contributed by atoms with van der Waals surface area (Å²) in [6.07, 6.45) is 1.45. The number of para-hydroxylation sites is 3. The number of rotatable bonds is 7. The van der Waals surface area contributed by atoms with E-state index in [1.807, 2.05) is 24.3 Å². The number of ether oxygens (including phenoxy) is 1. The standard InChI is InChI=1S/C31H19BrClFN4O4/c32-21-13-18(14-22(33)29(21)41-17-28(39)36-25-11-5-3-9-23(25)34)16-35-38-30(27-15-19-7-1-6-12-26(19)42-27)37-24-10-4-2-8-20(24)31(38)40/h1-16H,17H2,(H,36,39). The van der Waals surface area contributed by atoms with E-state index in [9.17, 15) is 14.0 Å². The topological polar surface area (TPSA) is 98.7 Å². The van der Waals surface area contributed by atoms with Crippen molar-refractivity contribution in [2.75, 3.05) is 11.9 Å². The summed E-state index contributed by atoms with van der Waals surface area (Å²) in [5.41, 5.74) is 1.36. The van der Waals surface area contributed by atoms with Crippen LogP contribution in [0.5, 0.6) is 5.75 Å². The Hall–Kier alpha value is -4.80. The lowest BCUT2D eigenvalue weighted by molar-refractivity contribution is -0.118. The highest BCUT2D eigenvalue weighted by Crippen LogP contribution is 2.34. The molecule has 0 fully saturated rings. The van der Waals surface area contributed by atoms with Gasteiger partial charge in [-0.1, -0.05) is 54.1 Å². The summed E-state index contributed by atoms with van der Waals surface area (Å²) in [5.74, 6) is -0.289. The second-order valence-corrected chi connectivity index (χ2v) is 10.4. The number of carbonyl (C=O) groups is 1. The van der Waals surface area contributed by atoms with Gasteiger partial charge in [-0.25, -0.2) is 9.37 Å². The van der Waals surface area contributed by atoms with Crippen LogP contribution >= 0.6 is 27.5 Å². The molecule has 0 radical (unpaired) electrons. The van der Waals surface area contributed by atoms with E-state index in [0.717, 1.165) is 5.39 Å². The zero-order chi connectivity index (χ0) is 29.2. The van der Waals surface area contributed by atoms with Gasteiger partial charge in [-0.3, -0.25) is 9.59 Å². The summed E-state index contributed by atoms with van der Waals surface area (Å²) in [6, 6.07) is 25.3. The van der Waals surface area contributed by atoms with Gasteiger partial charge in [-0.05, 0) is 70.0 Å². The second-order valence-electron chi connectivity index (χ2n) is 9.09. The van der Waals surface area contributed by atoms with Crippen molar-refractivity contribution in [3.05, 3.63) is 122 Å². The van der Waals surface area contributed by atoms with Crippen LogP contribution in [0.3, 0.4) is 0 Å². The van der Waals surface area contributed by atoms with Gasteiger partial charge in [-0.15, -0.1) is 0 Å². The quantitative estimate of drug-likeness (QED) is 0.184. The third-order valence-electron chi connectivity index (χ3n) is 6.24. The van der Waals surface area contributed by atoms with E-state index in [-0.39, 0.29) is 27.8 Å². The maximum absolute atomic E-state index is 13.8. The minimum absolute atomic E-state index is 0.0447. The van der Waals surface area contributed by atoms with Gasteiger partial charge >= 0.3 is 0 Å². The van der Waals surface area contributed by atoms with E-state index < -0.39 is 18.3 Å². The van der Waals surface area contributed by atoms with Crippen LogP contribution in [0.1, 0.15) is 5.56 Å². The molecule has 0 aliphatic carbocycles. The number of hydrogen-bond acceptors (Lipinski definition) is 6. The molecule has 1 N–H and O–H groups in total. The van der Waals surface area contributed by atoms with E-state index in [4.69, 9.17) is 20.8 Å². The molecule has 0 saturated heterocycles. The summed E-state index contributed by atoms with van der Waals surface area (Å²) >= 11 is 9.87. The molecule has 0 aliphatic rings. The molecule has 0 bridgehead atoms. The summed E-state index contributed by atoms with van der Waals surface area (Å²) in [6.45, 7) is -0.404. The largest absolute Gasteiger partial charge is 0.481 e. The zero-order valence-electron chi connectivity index (χ0n) is 21.6. The molecular formula is C31H19BrClFN4O4. The number of fused-ring (bicyclic) bond motifs is 2. The fraction of sp³-hybridized carbons (Fsp3) is 0.0323. The van der Waals surface area contributed by atoms with Crippen molar-refractivity contribution in [3.63, 3.8) is 0 Å². The number of benzene rings is 4. The summed E-state index contributed by atoms with van der Waals surface area (Å²) in [5, 5.41) is 8.34. The fourth-order valence-corrected chi connectivity index (χ4v) is 5.27. The predicted octanol–water partition coefficient (Wildman–Crippen LogP) is 7.26. The average molecular weight is 646 g/mol. The van der Waals surface area contributed by atoms with Crippen LogP contribution in [0.4, 0.5) is 10.1 Å². The van der Waals surface area contributed by atoms with Gasteiger partial charge in [0.1, 0.15) is 11.4 Å². The van der Waals surface area contributed by atoms with Gasteiger partial charge in [0, 0.05) is 5.39 Å². The number of aromatic nitrogens is 2. The molecule has 6 aromatic rings. The minimum Gasteiger partial charge on any atom is -0.481 e. The molecule has 4 aromatic carbocycles. The van der Waals surface area contributed by atoms with Crippen LogP contribution in [-0.2, 0) is 4.79 Å². The fourth-order valence-electron chi connectivity index (χ4n) is 4.29. The Bertz CT molecular complexity index is 2020. The van der Waals surface area contributed by atoms with Gasteiger partial charge < -0.3 is 14.5 Å². The van der Waals surface area contributed by atoms with Gasteiger partial charge in [0.05, 0.1) is 32.3 Å². The SMILES string of the molecule is O=C(COc1c(Cl)cc(C=Nn2c(-c3cc4ccccc4o3)nc3ccccc3c2=O)cc1Br)Nc1ccccc1F. The van der Waals surface area contributed by atoms with Crippen molar-refractivity contribution in [1.29, 1.82) is 0 Å². The first-order chi connectivity index (χ1) is 20.4. The number of hydrogen-bond donors (Lipinski definition) is 1. The average Bonchev–Trinajstić information content (AvgIpc) is 3.42. The number of anilines is 1. The first-order valence-corrected chi connectivity index (χ1v) is 13.8. The summed E-state index contributed by atoms with van der Waals surface area (Å²) in [7, 11) is 0. The van der Waals surface area contributed by atoms with Crippen LogP contribution in [0, 0.1) is 5.82 Å². The second kappa shape index (κ2) is 11.6. The maximum atomic E-state index is 13.8. The Morgan fingerprint density at radius 2 is 1.83 bits per heavy atom. The third-order valence-corrected chi connectivity index (χ3v) is 7.11. The molecule has 0 saturated carbocycles. The third kappa shape index (κ3) is 5.54. The highest BCUT2D eigenvalue weighted by molar-refractivity contribution is 9.10. The molecule has 2 heterocycles. The molecule has 6 rings (SSSR count). The normalized spacial score (nSPS) is 11.4. The van der Waals surface area contributed by atoms with Crippen molar-refractivity contribution in [3.8, 4) is 17.3 Å². The molecule has 0 aliphatic heterocycles. The molecule has 1 amide bonds. The molecule has 208 valence electrons. The molecule has 11 heteroatoms. The lowest BCUT2D eigenvalue weighted by atomic mass is 10.2. The zero-order valence-corrected chi connectivity index (χ0v) is 23.9. The van der Waals surface area contributed by atoms with Gasteiger partial charge in [0.25, 0.3) is 11.5 Å². The minimum atomic E-state index is -0.560. The molecular weight excluding hydrogens is 627 g/mol. The van der Waals surface area contributed by atoms with Crippen molar-refractivity contribution >= 4 is 67.2 Å². The lowest BCUT2D eigenvalue weighted by Gasteiger charge is -2.12. The summed E-state index contributed by atoms with van der Waals surface area (Å²) < 4.78 is 27.0. The summed E-state index contributed by atoms with van der Waals surface area (Å²) in [4.78, 5) is 30.5. The number of nitrogens with one attached hydrogen (secondary N) is 1. The van der Waals surface area contributed by atoms with Crippen molar-refractivity contribution in [1.82, 2.24) is 9.66 Å². The molecule has 2 aromatic heterocycles. The van der Waals surface area contributed by atoms with E-state index in [2.05, 4.69) is 31.3 Å². The predicted molar refractivity (Wildman–Crippen MR) is 164 cm³/mol. The number of furan rings is 1. The molecule has 0 atom stereocenters. The van der Waals surface area contributed by atoms with Gasteiger partial charge in [0.15, 0.2) is 18.1 Å². The monoisotopic (exact) mass is 644 g/mol. The Balaban J connectivity index is 1.29. The van der Waals surface area contributed by atoms with E-state index >= 15 is 0 Å². The van der Waals surface area contributed by atoms with Crippen molar-refractivity contribution < 1.29 is 18.3 Å². The van der Waals surface area contributed by atoms with E-state index in [1.165, 1.54) is 29.1 Å². The van der Waals surface area contributed by atoms with Gasteiger partial charge in [-0.2, -0.15) is 9.78 Å². The molecule has 0 spiro atoms. The van der Waals surface area contributed by atoms with Crippen LogP contribution < -0.4 is 15.6 Å². The maximum Gasteiger partial charge on any atom is 0.282 e. The number of nitrogens with zero attached hydrogens (tertiary/aromatic N) is 3. The lowest BCUT2D eigenvalue weighted by Crippen LogP contribution is -2.21. The number of carbonyl (C=O) groups excluding carboxylic acids is 1. The molecule has 0 unspecified atom stereocenters. The Morgan fingerprint density at radius 1 is 1.07 bits per heavy atom. The Labute approximate surface area is 251 Å². The molecule has 42 heavy (non-hydrogen) atoms. The van der Waals surface area contributed by atoms with Crippen LogP contribution in [0.25, 0.3) is 33.5 Å². The Morgan fingerprint density at radius 3 is 2.64 bits per heavy atom. The first-order valence-electron chi connectivity index (χ1n) is 12.6.